The molecule has 0 N–H and O–H groups in total. The van der Waals surface area contributed by atoms with Crippen molar-refractivity contribution in [1.29, 1.82) is 0 Å². The molecule has 0 unspecified atom stereocenters. The van der Waals surface area contributed by atoms with Crippen molar-refractivity contribution in [3.8, 4) is 0 Å². The maximum Gasteiger partial charge on any atom is 0.309 e. The lowest BCUT2D eigenvalue weighted by Crippen LogP contribution is -2.58. The molecule has 0 bridgehead atoms. The fourth-order valence-corrected chi connectivity index (χ4v) is 5.45. The number of hydrogen-bond donors (Lipinski definition) is 0. The molecule has 3 nitrogen and oxygen atoms in total. The second-order valence-corrected chi connectivity index (χ2v) is 11.4. The minimum atomic E-state index is -1.65. The predicted molar refractivity (Wildman–Crippen MR) is 80.2 cm³/mol. The predicted octanol–water partition coefficient (Wildman–Crippen LogP) is 3.11. The molecule has 2 aliphatic carbocycles. The molecular weight excluding hydrogens is 268 g/mol. The minimum Gasteiger partial charge on any atom is -0.469 e. The highest BCUT2D eigenvalue weighted by Gasteiger charge is 2.63. The van der Waals surface area contributed by atoms with Crippen LogP contribution in [0.3, 0.4) is 0 Å². The van der Waals surface area contributed by atoms with Crippen LogP contribution < -0.4 is 0 Å². The first-order chi connectivity index (χ1) is 9.36. The van der Waals surface area contributed by atoms with Gasteiger partial charge in [-0.05, 0) is 37.2 Å². The number of ether oxygens (including phenoxy) is 1. The van der Waals surface area contributed by atoms with E-state index in [1.54, 1.807) is 0 Å². The van der Waals surface area contributed by atoms with Gasteiger partial charge in [0, 0.05) is 12.3 Å². The van der Waals surface area contributed by atoms with Gasteiger partial charge >= 0.3 is 5.97 Å². The number of rotatable bonds is 3. The molecule has 3 rings (SSSR count). The lowest BCUT2D eigenvalue weighted by molar-refractivity contribution is -0.162. The number of carbonyl (C=O) groups is 1. The Morgan fingerprint density at radius 1 is 1.30 bits per heavy atom. The standard InChI is InChI=1S/C16H22O3Si/c1-18-15(17)13-10-16(19-20(2,3)4)9-11-7-5-6-8-12(11)14(13)16/h5-8,13-14H,9-10H2,1-4H3/t13-,14+,16+/m1/s1. The SMILES string of the molecule is COC(=O)[C@@H]1C[C@@]2(O[Si](C)(C)C)Cc3ccccc3[C@@H]12. The van der Waals surface area contributed by atoms with Gasteiger partial charge in [0.05, 0.1) is 18.6 Å². The number of benzene rings is 1. The highest BCUT2D eigenvalue weighted by Crippen LogP contribution is 2.60. The van der Waals surface area contributed by atoms with E-state index in [0.29, 0.717) is 0 Å². The molecule has 2 aliphatic rings. The van der Waals surface area contributed by atoms with Crippen molar-refractivity contribution < 1.29 is 14.0 Å². The summed E-state index contributed by atoms with van der Waals surface area (Å²) in [6, 6.07) is 8.43. The molecule has 0 amide bonds. The Kier molecular flexibility index (Phi) is 3.06. The molecule has 0 aliphatic heterocycles. The van der Waals surface area contributed by atoms with Crippen LogP contribution >= 0.6 is 0 Å². The summed E-state index contributed by atoms with van der Waals surface area (Å²) < 4.78 is 11.5. The van der Waals surface area contributed by atoms with E-state index in [0.717, 1.165) is 12.8 Å². The summed E-state index contributed by atoms with van der Waals surface area (Å²) >= 11 is 0. The average Bonchev–Trinajstić information content (AvgIpc) is 2.57. The van der Waals surface area contributed by atoms with E-state index >= 15 is 0 Å². The van der Waals surface area contributed by atoms with Gasteiger partial charge in [-0.15, -0.1) is 0 Å². The third kappa shape index (κ3) is 2.02. The Bertz CT molecular complexity index is 549. The Balaban J connectivity index is 1.96. The Morgan fingerprint density at radius 3 is 2.65 bits per heavy atom. The Labute approximate surface area is 121 Å². The summed E-state index contributed by atoms with van der Waals surface area (Å²) in [7, 11) is -0.176. The monoisotopic (exact) mass is 290 g/mol. The first-order valence-corrected chi connectivity index (χ1v) is 10.6. The maximum atomic E-state index is 12.0. The van der Waals surface area contributed by atoms with Gasteiger partial charge < -0.3 is 9.16 Å². The van der Waals surface area contributed by atoms with Crippen molar-refractivity contribution in [3.63, 3.8) is 0 Å². The van der Waals surface area contributed by atoms with E-state index in [9.17, 15) is 4.79 Å². The quantitative estimate of drug-likeness (QED) is 0.634. The van der Waals surface area contributed by atoms with E-state index in [1.165, 1.54) is 18.2 Å². The van der Waals surface area contributed by atoms with Gasteiger partial charge in [0.15, 0.2) is 8.32 Å². The summed E-state index contributed by atoms with van der Waals surface area (Å²) in [5.41, 5.74) is 2.46. The molecule has 20 heavy (non-hydrogen) atoms. The second kappa shape index (κ2) is 4.43. The van der Waals surface area contributed by atoms with Gasteiger partial charge in [0.1, 0.15) is 0 Å². The van der Waals surface area contributed by atoms with Gasteiger partial charge in [-0.2, -0.15) is 0 Å². The molecule has 1 aromatic carbocycles. The zero-order valence-electron chi connectivity index (χ0n) is 12.6. The number of methoxy groups -OCH3 is 1. The van der Waals surface area contributed by atoms with Crippen molar-refractivity contribution in [2.75, 3.05) is 7.11 Å². The number of hydrogen-bond acceptors (Lipinski definition) is 3. The summed E-state index contributed by atoms with van der Waals surface area (Å²) in [5.74, 6) is 0.0411. The molecule has 108 valence electrons. The van der Waals surface area contributed by atoms with E-state index in [1.807, 2.05) is 0 Å². The van der Waals surface area contributed by atoms with Crippen molar-refractivity contribution >= 4 is 14.3 Å². The van der Waals surface area contributed by atoms with Crippen LogP contribution in [0.1, 0.15) is 23.5 Å². The Hall–Kier alpha value is -1.13. The molecule has 0 heterocycles. The molecule has 1 aromatic rings. The molecule has 0 radical (unpaired) electrons. The third-order valence-electron chi connectivity index (χ3n) is 4.43. The molecule has 0 saturated heterocycles. The fraction of sp³-hybridized carbons (Fsp3) is 0.562. The van der Waals surface area contributed by atoms with Crippen molar-refractivity contribution in [2.45, 2.75) is 44.0 Å². The molecule has 3 atom stereocenters. The Morgan fingerprint density at radius 2 is 2.00 bits per heavy atom. The van der Waals surface area contributed by atoms with Crippen LogP contribution in [0.5, 0.6) is 0 Å². The molecule has 4 heteroatoms. The van der Waals surface area contributed by atoms with Gasteiger partial charge in [0.25, 0.3) is 0 Å². The molecular formula is C16H22O3Si. The van der Waals surface area contributed by atoms with E-state index in [2.05, 4.69) is 43.9 Å². The van der Waals surface area contributed by atoms with Crippen LogP contribution in [0.15, 0.2) is 24.3 Å². The highest BCUT2D eigenvalue weighted by molar-refractivity contribution is 6.69. The van der Waals surface area contributed by atoms with Crippen LogP contribution in [0.2, 0.25) is 19.6 Å². The highest BCUT2D eigenvalue weighted by atomic mass is 28.4. The fourth-order valence-electron chi connectivity index (χ4n) is 3.95. The zero-order chi connectivity index (χ0) is 14.5. The lowest BCUT2D eigenvalue weighted by atomic mass is 9.61. The number of carbonyl (C=O) groups excluding carboxylic acids is 1. The molecule has 1 saturated carbocycles. The topological polar surface area (TPSA) is 35.5 Å². The number of fused-ring (bicyclic) bond motifs is 3. The normalized spacial score (nSPS) is 31.2. The largest absolute Gasteiger partial charge is 0.469 e. The van der Waals surface area contributed by atoms with Crippen molar-refractivity contribution in [1.82, 2.24) is 0 Å². The van der Waals surface area contributed by atoms with Crippen molar-refractivity contribution in [2.24, 2.45) is 5.92 Å². The first-order valence-electron chi connectivity index (χ1n) is 7.22. The third-order valence-corrected chi connectivity index (χ3v) is 5.45. The van der Waals surface area contributed by atoms with Gasteiger partial charge in [-0.25, -0.2) is 0 Å². The summed E-state index contributed by atoms with van der Waals surface area (Å²) in [4.78, 5) is 12.0. The van der Waals surface area contributed by atoms with Crippen molar-refractivity contribution in [3.05, 3.63) is 35.4 Å². The van der Waals surface area contributed by atoms with E-state index < -0.39 is 8.32 Å². The number of esters is 1. The molecule has 0 spiro atoms. The maximum absolute atomic E-state index is 12.0. The minimum absolute atomic E-state index is 0.0417. The zero-order valence-corrected chi connectivity index (χ0v) is 13.6. The van der Waals surface area contributed by atoms with Crippen LogP contribution in [0.25, 0.3) is 0 Å². The summed E-state index contributed by atoms with van der Waals surface area (Å²) in [6.07, 6.45) is 1.73. The van der Waals surface area contributed by atoms with E-state index in [4.69, 9.17) is 9.16 Å². The average molecular weight is 290 g/mol. The van der Waals surface area contributed by atoms with Crippen LogP contribution in [-0.4, -0.2) is 27.0 Å². The molecule has 0 aromatic heterocycles. The van der Waals surface area contributed by atoms with Gasteiger partial charge in [-0.1, -0.05) is 24.3 Å². The second-order valence-electron chi connectivity index (χ2n) is 6.97. The summed E-state index contributed by atoms with van der Waals surface area (Å²) in [6.45, 7) is 6.65. The van der Waals surface area contributed by atoms with Crippen LogP contribution in [0, 0.1) is 5.92 Å². The van der Waals surface area contributed by atoms with Crippen LogP contribution in [-0.2, 0) is 20.4 Å². The smallest absolute Gasteiger partial charge is 0.309 e. The van der Waals surface area contributed by atoms with Gasteiger partial charge in [-0.3, -0.25) is 4.79 Å². The lowest BCUT2D eigenvalue weighted by Gasteiger charge is -2.52. The van der Waals surface area contributed by atoms with Crippen LogP contribution in [0.4, 0.5) is 0 Å². The molecule has 1 fully saturated rings. The first kappa shape index (κ1) is 13.8. The summed E-state index contributed by atoms with van der Waals surface area (Å²) in [5, 5.41) is 0. The van der Waals surface area contributed by atoms with E-state index in [-0.39, 0.29) is 23.4 Å². The van der Waals surface area contributed by atoms with Gasteiger partial charge in [0.2, 0.25) is 0 Å².